The highest BCUT2D eigenvalue weighted by atomic mass is 127. The number of nitrogens with zero attached hydrogens (tertiary/aromatic N) is 4. The third-order valence-electron chi connectivity index (χ3n) is 5.35. The molecule has 2 N–H and O–H groups in total. The zero-order chi connectivity index (χ0) is 20.5. The first-order valence-corrected chi connectivity index (χ1v) is 11.2. The Labute approximate surface area is 199 Å². The summed E-state index contributed by atoms with van der Waals surface area (Å²) in [5.41, 5.74) is 1.13. The van der Waals surface area contributed by atoms with Crippen LogP contribution in [0.1, 0.15) is 39.2 Å². The number of hydrogen-bond acceptors (Lipinski definition) is 5. The molecule has 0 aromatic carbocycles. The summed E-state index contributed by atoms with van der Waals surface area (Å²) in [5.74, 6) is 2.60. The molecule has 1 atom stereocenters. The van der Waals surface area contributed by atoms with E-state index in [0.29, 0.717) is 12.5 Å². The highest BCUT2D eigenvalue weighted by Gasteiger charge is 2.21. The number of ether oxygens (including phenoxy) is 1. The van der Waals surface area contributed by atoms with Crippen molar-refractivity contribution in [1.82, 2.24) is 20.5 Å². The molecule has 170 valence electrons. The minimum Gasteiger partial charge on any atom is -0.374 e. The van der Waals surface area contributed by atoms with E-state index in [0.717, 1.165) is 69.8 Å². The number of morpholine rings is 1. The molecule has 2 saturated heterocycles. The smallest absolute Gasteiger partial charge is 0.191 e. The number of guanidine groups is 1. The Bertz CT molecular complexity index is 633. The molecule has 2 aliphatic rings. The number of nitrogens with one attached hydrogen (secondary N) is 2. The van der Waals surface area contributed by atoms with E-state index in [1.807, 2.05) is 6.20 Å². The Hall–Kier alpha value is -1.13. The fourth-order valence-electron chi connectivity index (χ4n) is 3.95. The van der Waals surface area contributed by atoms with Gasteiger partial charge in [0, 0.05) is 52.0 Å². The summed E-state index contributed by atoms with van der Waals surface area (Å²) in [6.07, 6.45) is 4.69. The van der Waals surface area contributed by atoms with Crippen molar-refractivity contribution in [1.29, 1.82) is 0 Å². The van der Waals surface area contributed by atoms with Gasteiger partial charge in [-0.05, 0) is 37.3 Å². The lowest BCUT2D eigenvalue weighted by Crippen LogP contribution is -2.50. The number of halogens is 1. The van der Waals surface area contributed by atoms with Crippen LogP contribution in [0.15, 0.2) is 23.3 Å². The molecule has 0 saturated carbocycles. The van der Waals surface area contributed by atoms with E-state index < -0.39 is 0 Å². The van der Waals surface area contributed by atoms with Gasteiger partial charge in [-0.2, -0.15) is 0 Å². The van der Waals surface area contributed by atoms with Crippen molar-refractivity contribution in [3.8, 4) is 0 Å². The van der Waals surface area contributed by atoms with E-state index in [1.54, 1.807) is 0 Å². The van der Waals surface area contributed by atoms with Crippen LogP contribution in [0.3, 0.4) is 0 Å². The molecule has 1 aromatic heterocycles. The lowest BCUT2D eigenvalue weighted by Gasteiger charge is -2.34. The fraction of sp³-hybridized carbons (Fsp3) is 0.727. The molecule has 8 heteroatoms. The minimum absolute atomic E-state index is 0. The summed E-state index contributed by atoms with van der Waals surface area (Å²) in [6.45, 7) is 15.0. The van der Waals surface area contributed by atoms with E-state index in [2.05, 4.69) is 58.3 Å². The van der Waals surface area contributed by atoms with Crippen LogP contribution in [0.4, 0.5) is 5.82 Å². The number of pyridine rings is 1. The van der Waals surface area contributed by atoms with Crippen LogP contribution in [0.25, 0.3) is 0 Å². The molecule has 2 aliphatic heterocycles. The van der Waals surface area contributed by atoms with Crippen LogP contribution in [0.2, 0.25) is 0 Å². The van der Waals surface area contributed by atoms with Crippen molar-refractivity contribution in [2.75, 3.05) is 57.3 Å². The Kier molecular flexibility index (Phi) is 11.2. The van der Waals surface area contributed by atoms with Crippen LogP contribution in [0.5, 0.6) is 0 Å². The normalized spacial score (nSPS) is 20.3. The lowest BCUT2D eigenvalue weighted by atomic mass is 10.2. The van der Waals surface area contributed by atoms with Crippen LogP contribution in [0, 0.1) is 5.92 Å². The van der Waals surface area contributed by atoms with Crippen molar-refractivity contribution < 1.29 is 4.74 Å². The number of hydrogen-bond donors (Lipinski definition) is 2. The Morgan fingerprint density at radius 1 is 1.23 bits per heavy atom. The maximum absolute atomic E-state index is 5.94. The average Bonchev–Trinajstić information content (AvgIpc) is 3.25. The van der Waals surface area contributed by atoms with Crippen molar-refractivity contribution in [2.45, 2.75) is 46.3 Å². The minimum atomic E-state index is 0. The first-order valence-electron chi connectivity index (χ1n) is 11.2. The first kappa shape index (κ1) is 25.1. The maximum atomic E-state index is 5.94. The van der Waals surface area contributed by atoms with Gasteiger partial charge in [-0.1, -0.05) is 19.9 Å². The summed E-state index contributed by atoms with van der Waals surface area (Å²) in [4.78, 5) is 14.2. The molecule has 2 fully saturated rings. The highest BCUT2D eigenvalue weighted by molar-refractivity contribution is 14.0. The third kappa shape index (κ3) is 8.19. The van der Waals surface area contributed by atoms with Gasteiger partial charge < -0.3 is 20.3 Å². The van der Waals surface area contributed by atoms with Crippen molar-refractivity contribution in [3.63, 3.8) is 0 Å². The fourth-order valence-corrected chi connectivity index (χ4v) is 3.95. The second-order valence-electron chi connectivity index (χ2n) is 8.44. The quantitative estimate of drug-likeness (QED) is 0.306. The van der Waals surface area contributed by atoms with E-state index in [9.17, 15) is 0 Å². The summed E-state index contributed by atoms with van der Waals surface area (Å²) >= 11 is 0. The molecule has 0 spiro atoms. The third-order valence-corrected chi connectivity index (χ3v) is 5.35. The van der Waals surface area contributed by atoms with Gasteiger partial charge in [0.25, 0.3) is 0 Å². The highest BCUT2D eigenvalue weighted by Crippen LogP contribution is 2.17. The van der Waals surface area contributed by atoms with Crippen LogP contribution in [-0.2, 0) is 11.3 Å². The van der Waals surface area contributed by atoms with Gasteiger partial charge in [-0.3, -0.25) is 4.90 Å². The maximum Gasteiger partial charge on any atom is 0.191 e. The van der Waals surface area contributed by atoms with Gasteiger partial charge in [0.1, 0.15) is 5.82 Å². The van der Waals surface area contributed by atoms with Crippen LogP contribution < -0.4 is 15.5 Å². The Morgan fingerprint density at radius 3 is 2.70 bits per heavy atom. The van der Waals surface area contributed by atoms with Crippen molar-refractivity contribution in [3.05, 3.63) is 23.9 Å². The number of rotatable bonds is 8. The molecule has 0 bridgehead atoms. The molecule has 7 nitrogen and oxygen atoms in total. The van der Waals surface area contributed by atoms with Gasteiger partial charge in [0.05, 0.1) is 19.3 Å². The number of aromatic nitrogens is 1. The zero-order valence-corrected chi connectivity index (χ0v) is 21.1. The molecule has 0 amide bonds. The topological polar surface area (TPSA) is 65.0 Å². The SMILES string of the molecule is CCNC(=NCc1ccc(N2CCCC2)nc1)NCC1CN(CC(C)C)CCO1.I. The standard InChI is InChI=1S/C22H38N6O.HI/c1-4-23-22(26-15-20-17-27(11-12-29-20)16-18(2)3)25-14-19-7-8-21(24-13-19)28-9-5-6-10-28;/h7-8,13,18,20H,4-6,9-12,14-17H2,1-3H3,(H2,23,25,26);1H. The van der Waals surface area contributed by atoms with E-state index >= 15 is 0 Å². The van der Waals surface area contributed by atoms with Crippen LogP contribution >= 0.6 is 24.0 Å². The molecular weight excluding hydrogens is 491 g/mol. The van der Waals surface area contributed by atoms with E-state index in [4.69, 9.17) is 9.73 Å². The van der Waals surface area contributed by atoms with Gasteiger partial charge in [-0.15, -0.1) is 24.0 Å². The predicted molar refractivity (Wildman–Crippen MR) is 135 cm³/mol. The molecule has 1 aromatic rings. The Morgan fingerprint density at radius 2 is 2.03 bits per heavy atom. The molecular formula is C22H39IN6O. The second-order valence-corrected chi connectivity index (χ2v) is 8.44. The largest absolute Gasteiger partial charge is 0.374 e. The van der Waals surface area contributed by atoms with Gasteiger partial charge in [0.2, 0.25) is 0 Å². The summed E-state index contributed by atoms with van der Waals surface area (Å²) < 4.78 is 5.94. The van der Waals surface area contributed by atoms with E-state index in [1.165, 1.54) is 12.8 Å². The van der Waals surface area contributed by atoms with Crippen molar-refractivity contribution in [2.24, 2.45) is 10.9 Å². The summed E-state index contributed by atoms with van der Waals surface area (Å²) in [7, 11) is 0. The van der Waals surface area contributed by atoms with Gasteiger partial charge >= 0.3 is 0 Å². The number of aliphatic imine (C=N–C) groups is 1. The monoisotopic (exact) mass is 530 g/mol. The van der Waals surface area contributed by atoms with Crippen LogP contribution in [-0.4, -0.2) is 74.4 Å². The average molecular weight is 530 g/mol. The van der Waals surface area contributed by atoms with E-state index in [-0.39, 0.29) is 30.1 Å². The zero-order valence-electron chi connectivity index (χ0n) is 18.8. The van der Waals surface area contributed by atoms with Gasteiger partial charge in [0.15, 0.2) is 5.96 Å². The Balaban J connectivity index is 0.00000320. The molecule has 30 heavy (non-hydrogen) atoms. The van der Waals surface area contributed by atoms with Crippen molar-refractivity contribution >= 4 is 35.8 Å². The summed E-state index contributed by atoms with van der Waals surface area (Å²) in [6, 6.07) is 4.26. The molecule has 0 aliphatic carbocycles. The molecule has 3 heterocycles. The van der Waals surface area contributed by atoms with Gasteiger partial charge in [-0.25, -0.2) is 9.98 Å². The second kappa shape index (κ2) is 13.3. The number of anilines is 1. The summed E-state index contributed by atoms with van der Waals surface area (Å²) in [5, 5.41) is 6.78. The predicted octanol–water partition coefficient (Wildman–Crippen LogP) is 2.71. The molecule has 3 rings (SSSR count). The molecule has 0 radical (unpaired) electrons. The lowest BCUT2D eigenvalue weighted by molar-refractivity contribution is -0.0284. The first-order chi connectivity index (χ1) is 14.1. The molecule has 1 unspecified atom stereocenters.